The lowest BCUT2D eigenvalue weighted by molar-refractivity contribution is 0.251. The van der Waals surface area contributed by atoms with E-state index in [1.807, 2.05) is 0 Å². The van der Waals surface area contributed by atoms with Crippen LogP contribution in [0.2, 0.25) is 0 Å². The molecule has 0 amide bonds. The van der Waals surface area contributed by atoms with Gasteiger partial charge in [0.2, 0.25) is 0 Å². The molecule has 2 aromatic carbocycles. The molecule has 0 heteroatoms. The fourth-order valence-electron chi connectivity index (χ4n) is 7.04. The minimum absolute atomic E-state index is 0.569. The van der Waals surface area contributed by atoms with E-state index in [2.05, 4.69) is 82.0 Å². The fourth-order valence-corrected chi connectivity index (χ4v) is 7.04. The van der Waals surface area contributed by atoms with Crippen molar-refractivity contribution < 1.29 is 0 Å². The number of rotatable bonds is 7. The van der Waals surface area contributed by atoms with Crippen LogP contribution in [0.1, 0.15) is 98.9 Å². The highest BCUT2D eigenvalue weighted by Gasteiger charge is 2.35. The monoisotopic (exact) mass is 450 g/mol. The number of hydrogen-bond donors (Lipinski definition) is 0. The predicted octanol–water partition coefficient (Wildman–Crippen LogP) is 9.26. The SMILES string of the molecule is C=C1CC[C@H](c2ccc(CC(C)c3ccc4c(c3)CCC4)cc2)C(CC)C1CC1=C(C)C=CC1. The van der Waals surface area contributed by atoms with E-state index in [0.29, 0.717) is 23.7 Å². The van der Waals surface area contributed by atoms with Crippen molar-refractivity contribution in [3.63, 3.8) is 0 Å². The standard InChI is InChI=1S/C34H42/c1-5-32-33(19-12-24(3)34(32)22-29-10-6-8-23(29)2)28-15-13-26(14-16-28)20-25(4)30-18-17-27-9-7-11-31(27)21-30/h6,8,13-18,21,25,32-34H,3,5,7,9-12,19-20,22H2,1-2,4H3/t25?,32?,33-,34?/m1/s1. The molecule has 0 N–H and O–H groups in total. The Labute approximate surface area is 207 Å². The maximum absolute atomic E-state index is 4.54. The van der Waals surface area contributed by atoms with Crippen LogP contribution in [0.5, 0.6) is 0 Å². The number of aryl methyl sites for hydroxylation is 2. The second-order valence-corrected chi connectivity index (χ2v) is 11.3. The van der Waals surface area contributed by atoms with E-state index in [0.717, 1.165) is 12.8 Å². The Morgan fingerprint density at radius 1 is 1.00 bits per heavy atom. The van der Waals surface area contributed by atoms with Crippen molar-refractivity contribution in [1.82, 2.24) is 0 Å². The van der Waals surface area contributed by atoms with Crippen molar-refractivity contribution in [1.29, 1.82) is 0 Å². The summed E-state index contributed by atoms with van der Waals surface area (Å²) < 4.78 is 0. The molecule has 5 rings (SSSR count). The normalized spacial score (nSPS) is 25.1. The molecule has 1 saturated carbocycles. The van der Waals surface area contributed by atoms with E-state index in [1.54, 1.807) is 22.3 Å². The first-order valence-electron chi connectivity index (χ1n) is 13.8. The third kappa shape index (κ3) is 4.74. The zero-order chi connectivity index (χ0) is 23.7. The van der Waals surface area contributed by atoms with Gasteiger partial charge in [0.1, 0.15) is 0 Å². The highest BCUT2D eigenvalue weighted by Crippen LogP contribution is 2.48. The van der Waals surface area contributed by atoms with Gasteiger partial charge in [-0.15, -0.1) is 0 Å². The van der Waals surface area contributed by atoms with Gasteiger partial charge in [0.05, 0.1) is 0 Å². The molecular weight excluding hydrogens is 408 g/mol. The first-order chi connectivity index (χ1) is 16.5. The van der Waals surface area contributed by atoms with Crippen molar-refractivity contribution in [3.05, 3.63) is 106 Å². The lowest BCUT2D eigenvalue weighted by Crippen LogP contribution is -2.28. The number of allylic oxidation sites excluding steroid dienone is 5. The van der Waals surface area contributed by atoms with E-state index in [4.69, 9.17) is 0 Å². The molecule has 3 aliphatic carbocycles. The van der Waals surface area contributed by atoms with Crippen LogP contribution in [0.4, 0.5) is 0 Å². The van der Waals surface area contributed by atoms with Crippen molar-refractivity contribution in [2.45, 2.75) is 90.4 Å². The second-order valence-electron chi connectivity index (χ2n) is 11.3. The zero-order valence-corrected chi connectivity index (χ0v) is 21.6. The van der Waals surface area contributed by atoms with E-state index < -0.39 is 0 Å². The molecule has 0 aromatic heterocycles. The first-order valence-corrected chi connectivity index (χ1v) is 13.8. The summed E-state index contributed by atoms with van der Waals surface area (Å²) in [5.74, 6) is 2.57. The average molecular weight is 451 g/mol. The van der Waals surface area contributed by atoms with Crippen LogP contribution in [0, 0.1) is 11.8 Å². The van der Waals surface area contributed by atoms with E-state index in [9.17, 15) is 0 Å². The van der Waals surface area contributed by atoms with Gasteiger partial charge in [-0.3, -0.25) is 0 Å². The largest absolute Gasteiger partial charge is 0.0996 e. The highest BCUT2D eigenvalue weighted by atomic mass is 14.4. The number of fused-ring (bicyclic) bond motifs is 1. The van der Waals surface area contributed by atoms with Crippen molar-refractivity contribution in [2.75, 3.05) is 0 Å². The van der Waals surface area contributed by atoms with Gasteiger partial charge < -0.3 is 0 Å². The van der Waals surface area contributed by atoms with Crippen molar-refractivity contribution >= 4 is 0 Å². The molecule has 3 aliphatic rings. The molecule has 0 heterocycles. The summed E-state index contributed by atoms with van der Waals surface area (Å²) in [5.41, 5.74) is 12.3. The lowest BCUT2D eigenvalue weighted by atomic mass is 9.64. The Kier molecular flexibility index (Phi) is 6.96. The summed E-state index contributed by atoms with van der Waals surface area (Å²) >= 11 is 0. The van der Waals surface area contributed by atoms with Gasteiger partial charge in [0, 0.05) is 0 Å². The molecule has 0 saturated heterocycles. The predicted molar refractivity (Wildman–Crippen MR) is 146 cm³/mol. The number of hydrogen-bond acceptors (Lipinski definition) is 0. The first kappa shape index (κ1) is 23.4. The maximum Gasteiger partial charge on any atom is -0.0125 e. The molecule has 0 aliphatic heterocycles. The van der Waals surface area contributed by atoms with Crippen molar-refractivity contribution in [2.24, 2.45) is 11.8 Å². The van der Waals surface area contributed by atoms with E-state index in [-0.39, 0.29) is 0 Å². The van der Waals surface area contributed by atoms with Crippen LogP contribution in [-0.2, 0) is 19.3 Å². The third-order valence-electron chi connectivity index (χ3n) is 9.20. The van der Waals surface area contributed by atoms with Gasteiger partial charge in [-0.05, 0) is 110 Å². The van der Waals surface area contributed by atoms with Crippen LogP contribution < -0.4 is 0 Å². The minimum atomic E-state index is 0.569. The molecule has 178 valence electrons. The summed E-state index contributed by atoms with van der Waals surface area (Å²) in [6, 6.07) is 17.0. The molecule has 4 atom stereocenters. The fraction of sp³-hybridized carbons (Fsp3) is 0.471. The quantitative estimate of drug-likeness (QED) is 0.369. The Morgan fingerprint density at radius 2 is 1.79 bits per heavy atom. The highest BCUT2D eigenvalue weighted by molar-refractivity contribution is 5.38. The lowest BCUT2D eigenvalue weighted by Gasteiger charge is -2.40. The zero-order valence-electron chi connectivity index (χ0n) is 21.6. The summed E-state index contributed by atoms with van der Waals surface area (Å²) in [7, 11) is 0. The molecule has 3 unspecified atom stereocenters. The minimum Gasteiger partial charge on any atom is -0.0996 e. The molecule has 0 spiro atoms. The Hall–Kier alpha value is -2.34. The molecule has 0 radical (unpaired) electrons. The smallest absolute Gasteiger partial charge is 0.0125 e. The molecule has 1 fully saturated rings. The maximum atomic E-state index is 4.54. The van der Waals surface area contributed by atoms with E-state index in [1.165, 1.54) is 67.2 Å². The summed E-state index contributed by atoms with van der Waals surface area (Å²) in [4.78, 5) is 0. The van der Waals surface area contributed by atoms with Gasteiger partial charge >= 0.3 is 0 Å². The van der Waals surface area contributed by atoms with Gasteiger partial charge in [0.15, 0.2) is 0 Å². The van der Waals surface area contributed by atoms with Crippen LogP contribution >= 0.6 is 0 Å². The van der Waals surface area contributed by atoms with Gasteiger partial charge in [-0.1, -0.05) is 98.2 Å². The van der Waals surface area contributed by atoms with Crippen molar-refractivity contribution in [3.8, 4) is 0 Å². The molecule has 34 heavy (non-hydrogen) atoms. The summed E-state index contributed by atoms with van der Waals surface area (Å²) in [6.07, 6.45) is 15.7. The Morgan fingerprint density at radius 3 is 2.53 bits per heavy atom. The average Bonchev–Trinajstić information content (AvgIpc) is 3.49. The topological polar surface area (TPSA) is 0 Å². The third-order valence-corrected chi connectivity index (χ3v) is 9.20. The molecular formula is C34H42. The summed E-state index contributed by atoms with van der Waals surface area (Å²) in [5, 5.41) is 0. The summed E-state index contributed by atoms with van der Waals surface area (Å²) in [6.45, 7) is 11.6. The van der Waals surface area contributed by atoms with Crippen LogP contribution in [0.25, 0.3) is 0 Å². The van der Waals surface area contributed by atoms with Crippen LogP contribution in [-0.4, -0.2) is 0 Å². The molecule has 2 aromatic rings. The van der Waals surface area contributed by atoms with Gasteiger partial charge in [0.25, 0.3) is 0 Å². The van der Waals surface area contributed by atoms with E-state index >= 15 is 0 Å². The molecule has 0 bridgehead atoms. The van der Waals surface area contributed by atoms with Gasteiger partial charge in [-0.2, -0.15) is 0 Å². The Bertz CT molecular complexity index is 1090. The second kappa shape index (κ2) is 10.1. The number of benzene rings is 2. The van der Waals surface area contributed by atoms with Gasteiger partial charge in [-0.25, -0.2) is 0 Å². The Balaban J connectivity index is 1.28. The van der Waals surface area contributed by atoms with Crippen LogP contribution in [0.3, 0.4) is 0 Å². The molecule has 0 nitrogen and oxygen atoms in total. The van der Waals surface area contributed by atoms with Crippen LogP contribution in [0.15, 0.2) is 77.9 Å².